The maximum Gasteiger partial charge on any atom is 0.511 e. The van der Waals surface area contributed by atoms with Gasteiger partial charge in [-0.05, 0) is 38.5 Å². The summed E-state index contributed by atoms with van der Waals surface area (Å²) in [5, 5.41) is 9.56. The van der Waals surface area contributed by atoms with Crippen LogP contribution >= 0.6 is 0 Å². The molecule has 0 spiro atoms. The SMILES string of the molecule is Cc1oc2c(C)c(OC(=O)O)ccc2c1C. The van der Waals surface area contributed by atoms with E-state index in [1.807, 2.05) is 19.9 Å². The Morgan fingerprint density at radius 3 is 2.56 bits per heavy atom. The third kappa shape index (κ3) is 1.52. The fraction of sp³-hybridized carbons (Fsp3) is 0.250. The number of carbonyl (C=O) groups is 1. The molecule has 1 aromatic carbocycles. The largest absolute Gasteiger partial charge is 0.511 e. The second kappa shape index (κ2) is 3.56. The van der Waals surface area contributed by atoms with Crippen LogP contribution < -0.4 is 4.74 Å². The van der Waals surface area contributed by atoms with Gasteiger partial charge in [0.2, 0.25) is 0 Å². The average molecular weight is 220 g/mol. The molecule has 0 amide bonds. The van der Waals surface area contributed by atoms with E-state index in [1.165, 1.54) is 0 Å². The second-order valence-corrected chi connectivity index (χ2v) is 3.72. The molecule has 16 heavy (non-hydrogen) atoms. The first-order valence-electron chi connectivity index (χ1n) is 4.90. The molecular weight excluding hydrogens is 208 g/mol. The summed E-state index contributed by atoms with van der Waals surface area (Å²) in [5.74, 6) is 1.15. The average Bonchev–Trinajstić information content (AvgIpc) is 2.49. The predicted molar refractivity (Wildman–Crippen MR) is 59.1 cm³/mol. The van der Waals surface area contributed by atoms with Gasteiger partial charge in [-0.2, -0.15) is 0 Å². The highest BCUT2D eigenvalue weighted by atomic mass is 16.7. The third-order valence-electron chi connectivity index (χ3n) is 2.74. The smallest absolute Gasteiger partial charge is 0.461 e. The molecule has 1 heterocycles. The zero-order valence-electron chi connectivity index (χ0n) is 9.33. The number of hydrogen-bond acceptors (Lipinski definition) is 3. The molecule has 4 nitrogen and oxygen atoms in total. The van der Waals surface area contributed by atoms with Crippen molar-refractivity contribution in [3.8, 4) is 5.75 Å². The minimum absolute atomic E-state index is 0.314. The standard InChI is InChI=1S/C12H12O4/c1-6-8(3)15-11-7(2)10(16-12(13)14)5-4-9(6)11/h4-5H,1-3H3,(H,13,14). The van der Waals surface area contributed by atoms with E-state index in [1.54, 1.807) is 13.0 Å². The lowest BCUT2D eigenvalue weighted by atomic mass is 10.1. The minimum Gasteiger partial charge on any atom is -0.461 e. The molecule has 84 valence electrons. The van der Waals surface area contributed by atoms with Crippen LogP contribution in [0.1, 0.15) is 16.9 Å². The van der Waals surface area contributed by atoms with Gasteiger partial charge in [0, 0.05) is 10.9 Å². The Hall–Kier alpha value is -1.97. The first-order chi connectivity index (χ1) is 7.50. The normalized spacial score (nSPS) is 10.7. The van der Waals surface area contributed by atoms with Crippen molar-refractivity contribution in [2.24, 2.45) is 0 Å². The van der Waals surface area contributed by atoms with Gasteiger partial charge < -0.3 is 14.3 Å². The molecule has 2 rings (SSSR count). The van der Waals surface area contributed by atoms with Crippen LogP contribution in [0.2, 0.25) is 0 Å². The van der Waals surface area contributed by atoms with Crippen LogP contribution in [0.5, 0.6) is 5.75 Å². The fourth-order valence-corrected chi connectivity index (χ4v) is 1.72. The molecule has 0 saturated heterocycles. The lowest BCUT2D eigenvalue weighted by Gasteiger charge is -2.03. The highest BCUT2D eigenvalue weighted by Gasteiger charge is 2.14. The highest BCUT2D eigenvalue weighted by Crippen LogP contribution is 2.32. The Balaban J connectivity index is 2.65. The summed E-state index contributed by atoms with van der Waals surface area (Å²) in [6.45, 7) is 5.63. The van der Waals surface area contributed by atoms with Gasteiger partial charge in [0.15, 0.2) is 0 Å². The highest BCUT2D eigenvalue weighted by molar-refractivity contribution is 5.87. The monoisotopic (exact) mass is 220 g/mol. The molecule has 0 radical (unpaired) electrons. The summed E-state index contributed by atoms with van der Waals surface area (Å²) in [4.78, 5) is 10.5. The molecule has 1 aromatic heterocycles. The van der Waals surface area contributed by atoms with E-state index in [0.29, 0.717) is 16.9 Å². The Morgan fingerprint density at radius 1 is 1.25 bits per heavy atom. The molecule has 1 N–H and O–H groups in total. The van der Waals surface area contributed by atoms with Crippen LogP contribution in [0.15, 0.2) is 16.5 Å². The van der Waals surface area contributed by atoms with E-state index in [0.717, 1.165) is 16.7 Å². The van der Waals surface area contributed by atoms with Gasteiger partial charge >= 0.3 is 6.16 Å². The summed E-state index contributed by atoms with van der Waals surface area (Å²) >= 11 is 0. The summed E-state index contributed by atoms with van der Waals surface area (Å²) in [6.07, 6.45) is -1.32. The van der Waals surface area contributed by atoms with Crippen molar-refractivity contribution >= 4 is 17.1 Å². The Kier molecular flexibility index (Phi) is 2.34. The van der Waals surface area contributed by atoms with E-state index in [4.69, 9.17) is 9.52 Å². The zero-order chi connectivity index (χ0) is 11.9. The van der Waals surface area contributed by atoms with Gasteiger partial charge in [-0.3, -0.25) is 0 Å². The number of furan rings is 1. The van der Waals surface area contributed by atoms with Crippen LogP contribution in [0.3, 0.4) is 0 Å². The summed E-state index contributed by atoms with van der Waals surface area (Å²) in [6, 6.07) is 3.46. The van der Waals surface area contributed by atoms with E-state index >= 15 is 0 Å². The quantitative estimate of drug-likeness (QED) is 0.591. The number of ether oxygens (including phenoxy) is 1. The number of aryl methyl sites for hydroxylation is 3. The zero-order valence-corrected chi connectivity index (χ0v) is 9.33. The molecule has 0 fully saturated rings. The molecule has 0 bridgehead atoms. The van der Waals surface area contributed by atoms with Crippen LogP contribution in [-0.2, 0) is 0 Å². The molecule has 0 saturated carbocycles. The fourth-order valence-electron chi connectivity index (χ4n) is 1.72. The maximum atomic E-state index is 10.5. The molecule has 0 atom stereocenters. The van der Waals surface area contributed by atoms with Crippen molar-refractivity contribution in [2.45, 2.75) is 20.8 Å². The molecule has 0 aliphatic rings. The Labute approximate surface area is 92.4 Å². The van der Waals surface area contributed by atoms with Crippen molar-refractivity contribution in [1.82, 2.24) is 0 Å². The number of carboxylic acid groups (broad SMARTS) is 1. The van der Waals surface area contributed by atoms with Crippen molar-refractivity contribution in [3.05, 3.63) is 29.0 Å². The van der Waals surface area contributed by atoms with E-state index in [2.05, 4.69) is 4.74 Å². The predicted octanol–water partition coefficient (Wildman–Crippen LogP) is 3.41. The second-order valence-electron chi connectivity index (χ2n) is 3.72. The van der Waals surface area contributed by atoms with Gasteiger partial charge in [-0.25, -0.2) is 4.79 Å². The molecule has 0 aliphatic heterocycles. The lowest BCUT2D eigenvalue weighted by Crippen LogP contribution is -2.04. The summed E-state index contributed by atoms with van der Waals surface area (Å²) < 4.78 is 10.2. The number of hydrogen-bond donors (Lipinski definition) is 1. The Morgan fingerprint density at radius 2 is 1.94 bits per heavy atom. The first-order valence-corrected chi connectivity index (χ1v) is 4.90. The first kappa shape index (κ1) is 10.5. The molecule has 0 unspecified atom stereocenters. The van der Waals surface area contributed by atoms with Crippen molar-refractivity contribution in [3.63, 3.8) is 0 Å². The number of benzene rings is 1. The van der Waals surface area contributed by atoms with E-state index in [9.17, 15) is 4.79 Å². The number of rotatable bonds is 1. The maximum absolute atomic E-state index is 10.5. The summed E-state index contributed by atoms with van der Waals surface area (Å²) in [5.41, 5.74) is 2.46. The lowest BCUT2D eigenvalue weighted by molar-refractivity contribution is 0.144. The van der Waals surface area contributed by atoms with Gasteiger partial charge in [0.05, 0.1) is 0 Å². The van der Waals surface area contributed by atoms with Gasteiger partial charge in [0.25, 0.3) is 0 Å². The van der Waals surface area contributed by atoms with Gasteiger partial charge in [0.1, 0.15) is 17.1 Å². The molecule has 0 aliphatic carbocycles. The van der Waals surface area contributed by atoms with Crippen LogP contribution in [-0.4, -0.2) is 11.3 Å². The molecular formula is C12H12O4. The van der Waals surface area contributed by atoms with Crippen molar-refractivity contribution < 1.29 is 19.1 Å². The molecule has 2 aromatic rings. The van der Waals surface area contributed by atoms with Gasteiger partial charge in [-0.1, -0.05) is 0 Å². The summed E-state index contributed by atoms with van der Waals surface area (Å²) in [7, 11) is 0. The topological polar surface area (TPSA) is 59.7 Å². The van der Waals surface area contributed by atoms with Crippen molar-refractivity contribution in [1.29, 1.82) is 0 Å². The van der Waals surface area contributed by atoms with Gasteiger partial charge in [-0.15, -0.1) is 0 Å². The van der Waals surface area contributed by atoms with Crippen LogP contribution in [0.25, 0.3) is 11.0 Å². The van der Waals surface area contributed by atoms with E-state index < -0.39 is 6.16 Å². The van der Waals surface area contributed by atoms with Crippen LogP contribution in [0, 0.1) is 20.8 Å². The Bertz CT molecular complexity index is 566. The van der Waals surface area contributed by atoms with Crippen LogP contribution in [0.4, 0.5) is 4.79 Å². The van der Waals surface area contributed by atoms with Crippen molar-refractivity contribution in [2.75, 3.05) is 0 Å². The third-order valence-corrected chi connectivity index (χ3v) is 2.74. The van der Waals surface area contributed by atoms with E-state index in [-0.39, 0.29) is 0 Å². The molecule has 4 heteroatoms. The number of fused-ring (bicyclic) bond motifs is 1. The minimum atomic E-state index is -1.32.